The number of amides is 1. The van der Waals surface area contributed by atoms with Crippen molar-refractivity contribution < 1.29 is 27.5 Å². The van der Waals surface area contributed by atoms with Crippen LogP contribution in [0.15, 0.2) is 29.2 Å². The normalized spacial score (nSPS) is 14.3. The third kappa shape index (κ3) is 5.00. The molecule has 0 saturated heterocycles. The first kappa shape index (κ1) is 19.0. The van der Waals surface area contributed by atoms with Crippen LogP contribution < -0.4 is 10.0 Å². The zero-order valence-electron chi connectivity index (χ0n) is 12.9. The molecule has 7 nitrogen and oxygen atoms in total. The van der Waals surface area contributed by atoms with E-state index < -0.39 is 50.6 Å². The molecule has 1 rings (SSSR count). The lowest BCUT2D eigenvalue weighted by atomic mass is 10.0. The molecule has 1 aromatic carbocycles. The number of nitrogens with one attached hydrogen (secondary N) is 2. The fourth-order valence-corrected chi connectivity index (χ4v) is 3.17. The molecule has 0 spiro atoms. The van der Waals surface area contributed by atoms with Crippen LogP contribution in [0.4, 0.5) is 4.39 Å². The van der Waals surface area contributed by atoms with Crippen LogP contribution in [0.2, 0.25) is 0 Å². The van der Waals surface area contributed by atoms with E-state index in [1.807, 2.05) is 0 Å². The highest BCUT2D eigenvalue weighted by Gasteiger charge is 2.31. The quantitative estimate of drug-likeness (QED) is 0.673. The highest BCUT2D eigenvalue weighted by molar-refractivity contribution is 7.89. The molecule has 0 aliphatic heterocycles. The summed E-state index contributed by atoms with van der Waals surface area (Å²) in [5, 5.41) is 11.0. The van der Waals surface area contributed by atoms with Crippen molar-refractivity contribution in [1.29, 1.82) is 0 Å². The Morgan fingerprint density at radius 2 is 1.74 bits per heavy atom. The average Bonchev–Trinajstić information content (AvgIpc) is 2.44. The predicted molar refractivity (Wildman–Crippen MR) is 80.6 cm³/mol. The van der Waals surface area contributed by atoms with Crippen LogP contribution in [0, 0.1) is 11.7 Å². The van der Waals surface area contributed by atoms with E-state index in [1.54, 1.807) is 13.8 Å². The van der Waals surface area contributed by atoms with Crippen LogP contribution >= 0.6 is 0 Å². The zero-order valence-corrected chi connectivity index (χ0v) is 13.7. The summed E-state index contributed by atoms with van der Waals surface area (Å²) in [6.07, 6.45) is 0. The number of aliphatic carboxylic acids is 1. The summed E-state index contributed by atoms with van der Waals surface area (Å²) in [5.74, 6) is -3.47. The number of rotatable bonds is 7. The second-order valence-electron chi connectivity index (χ2n) is 5.34. The molecule has 0 fully saturated rings. The molecule has 0 radical (unpaired) electrons. The van der Waals surface area contributed by atoms with Gasteiger partial charge >= 0.3 is 5.97 Å². The molecule has 1 aromatic rings. The number of carboxylic acids is 1. The van der Waals surface area contributed by atoms with Gasteiger partial charge in [0.25, 0.3) is 0 Å². The molecule has 128 valence electrons. The van der Waals surface area contributed by atoms with E-state index >= 15 is 0 Å². The Labute approximate surface area is 133 Å². The summed E-state index contributed by atoms with van der Waals surface area (Å²) in [6, 6.07) is 2.35. The molecule has 3 N–H and O–H groups in total. The Hall–Kier alpha value is -2.00. The Morgan fingerprint density at radius 3 is 2.22 bits per heavy atom. The predicted octanol–water partition coefficient (Wildman–Crippen LogP) is 0.718. The van der Waals surface area contributed by atoms with E-state index in [-0.39, 0.29) is 0 Å². The highest BCUT2D eigenvalue weighted by atomic mass is 32.2. The molecule has 0 saturated carbocycles. The van der Waals surface area contributed by atoms with Gasteiger partial charge in [0.05, 0.1) is 0 Å². The van der Waals surface area contributed by atoms with Gasteiger partial charge in [0.1, 0.15) is 22.8 Å². The topological polar surface area (TPSA) is 113 Å². The maximum absolute atomic E-state index is 13.7. The third-order valence-corrected chi connectivity index (χ3v) is 4.56. The molecule has 23 heavy (non-hydrogen) atoms. The van der Waals surface area contributed by atoms with E-state index in [0.717, 1.165) is 12.1 Å². The SMILES string of the molecule is CC(NC(=O)C(NS(=O)(=O)c1ccccc1F)C(C)C)C(=O)O. The number of hydrogen-bond donors (Lipinski definition) is 3. The van der Waals surface area contributed by atoms with Gasteiger partial charge in [-0.2, -0.15) is 4.72 Å². The van der Waals surface area contributed by atoms with Crippen molar-refractivity contribution in [2.24, 2.45) is 5.92 Å². The summed E-state index contributed by atoms with van der Waals surface area (Å²) < 4.78 is 40.3. The van der Waals surface area contributed by atoms with Gasteiger partial charge in [-0.25, -0.2) is 12.8 Å². The van der Waals surface area contributed by atoms with Crippen molar-refractivity contribution in [3.05, 3.63) is 30.1 Å². The average molecular weight is 346 g/mol. The molecule has 0 aliphatic carbocycles. The van der Waals surface area contributed by atoms with Gasteiger partial charge in [0.2, 0.25) is 15.9 Å². The van der Waals surface area contributed by atoms with Crippen LogP contribution in [-0.4, -0.2) is 37.5 Å². The van der Waals surface area contributed by atoms with E-state index in [9.17, 15) is 22.4 Å². The second-order valence-corrected chi connectivity index (χ2v) is 7.02. The van der Waals surface area contributed by atoms with Crippen LogP contribution in [0.1, 0.15) is 20.8 Å². The monoisotopic (exact) mass is 346 g/mol. The van der Waals surface area contributed by atoms with Gasteiger partial charge in [-0.05, 0) is 25.0 Å². The molecular weight excluding hydrogens is 327 g/mol. The van der Waals surface area contributed by atoms with Crippen LogP contribution in [0.3, 0.4) is 0 Å². The first-order chi connectivity index (χ1) is 10.6. The van der Waals surface area contributed by atoms with Gasteiger partial charge in [0, 0.05) is 0 Å². The smallest absolute Gasteiger partial charge is 0.325 e. The van der Waals surface area contributed by atoms with Gasteiger partial charge in [-0.15, -0.1) is 0 Å². The van der Waals surface area contributed by atoms with Crippen LogP contribution in [-0.2, 0) is 19.6 Å². The van der Waals surface area contributed by atoms with Crippen LogP contribution in [0.5, 0.6) is 0 Å². The number of benzene rings is 1. The Kier molecular flexibility index (Phi) is 6.22. The minimum Gasteiger partial charge on any atom is -0.480 e. The first-order valence-corrected chi connectivity index (χ1v) is 8.34. The van der Waals surface area contributed by atoms with Gasteiger partial charge in [-0.3, -0.25) is 9.59 Å². The minimum absolute atomic E-state index is 0.474. The molecule has 9 heteroatoms. The molecule has 0 aromatic heterocycles. The fraction of sp³-hybridized carbons (Fsp3) is 0.429. The van der Waals surface area contributed by atoms with E-state index in [0.29, 0.717) is 0 Å². The summed E-state index contributed by atoms with van der Waals surface area (Å²) in [7, 11) is -4.27. The van der Waals surface area contributed by atoms with E-state index in [4.69, 9.17) is 5.11 Å². The van der Waals surface area contributed by atoms with Crippen molar-refractivity contribution in [3.63, 3.8) is 0 Å². The fourth-order valence-electron chi connectivity index (χ4n) is 1.75. The Balaban J connectivity index is 3.02. The molecule has 0 heterocycles. The van der Waals surface area contributed by atoms with Gasteiger partial charge < -0.3 is 10.4 Å². The number of carbonyl (C=O) groups is 2. The van der Waals surface area contributed by atoms with Crippen molar-refractivity contribution in [2.75, 3.05) is 0 Å². The Bertz CT molecular complexity index is 690. The number of sulfonamides is 1. The van der Waals surface area contributed by atoms with Crippen molar-refractivity contribution >= 4 is 21.9 Å². The molecular formula is C14H19FN2O5S. The maximum Gasteiger partial charge on any atom is 0.325 e. The number of carbonyl (C=O) groups excluding carboxylic acids is 1. The van der Waals surface area contributed by atoms with Gasteiger partial charge in [0.15, 0.2) is 0 Å². The van der Waals surface area contributed by atoms with Crippen molar-refractivity contribution in [2.45, 2.75) is 37.8 Å². The third-order valence-electron chi connectivity index (χ3n) is 3.09. The zero-order chi connectivity index (χ0) is 17.8. The molecule has 0 bridgehead atoms. The lowest BCUT2D eigenvalue weighted by Gasteiger charge is -2.22. The summed E-state index contributed by atoms with van der Waals surface area (Å²) in [6.45, 7) is 4.42. The molecule has 0 aliphatic rings. The van der Waals surface area contributed by atoms with Crippen molar-refractivity contribution in [3.8, 4) is 0 Å². The lowest BCUT2D eigenvalue weighted by molar-refractivity contribution is -0.141. The Morgan fingerprint density at radius 1 is 1.17 bits per heavy atom. The first-order valence-electron chi connectivity index (χ1n) is 6.86. The number of carboxylic acid groups (broad SMARTS) is 1. The lowest BCUT2D eigenvalue weighted by Crippen LogP contribution is -2.52. The summed E-state index contributed by atoms with van der Waals surface area (Å²) in [4.78, 5) is 22.3. The number of halogens is 1. The molecule has 2 atom stereocenters. The van der Waals surface area contributed by atoms with E-state index in [1.165, 1.54) is 19.1 Å². The second kappa shape index (κ2) is 7.51. The van der Waals surface area contributed by atoms with Crippen molar-refractivity contribution in [1.82, 2.24) is 10.0 Å². The summed E-state index contributed by atoms with van der Waals surface area (Å²) >= 11 is 0. The molecule has 2 unspecified atom stereocenters. The standard InChI is InChI=1S/C14H19FN2O5S/c1-8(2)12(13(18)16-9(3)14(19)20)17-23(21,22)11-7-5-4-6-10(11)15/h4-9,12,17H,1-3H3,(H,16,18)(H,19,20). The minimum atomic E-state index is -4.27. The number of hydrogen-bond acceptors (Lipinski definition) is 4. The van der Waals surface area contributed by atoms with Gasteiger partial charge in [-0.1, -0.05) is 26.0 Å². The highest BCUT2D eigenvalue weighted by Crippen LogP contribution is 2.15. The molecule has 1 amide bonds. The summed E-state index contributed by atoms with van der Waals surface area (Å²) in [5.41, 5.74) is 0. The van der Waals surface area contributed by atoms with E-state index in [2.05, 4.69) is 10.0 Å². The largest absolute Gasteiger partial charge is 0.480 e. The van der Waals surface area contributed by atoms with Crippen LogP contribution in [0.25, 0.3) is 0 Å². The maximum atomic E-state index is 13.7.